The van der Waals surface area contributed by atoms with Gasteiger partial charge in [0.25, 0.3) is 0 Å². The standard InChI is InChI=1S/C16H15ClN2O3/c1-22-16(21)19-15(14(20)11-7-3-2-4-8-11)18-13-10-6-5-9-12(13)17/h2-10,15,18H,1H3,(H,19,21)/t15-/m0/s1. The number of halogens is 1. The van der Waals surface area contributed by atoms with Crippen LogP contribution in [0.1, 0.15) is 10.4 Å². The van der Waals surface area contributed by atoms with E-state index in [4.69, 9.17) is 11.6 Å². The Morgan fingerprint density at radius 1 is 1.05 bits per heavy atom. The molecule has 0 aliphatic carbocycles. The molecule has 0 saturated heterocycles. The maximum atomic E-state index is 12.5. The molecule has 0 heterocycles. The Balaban J connectivity index is 2.25. The fourth-order valence-electron chi connectivity index (χ4n) is 1.85. The van der Waals surface area contributed by atoms with Crippen molar-refractivity contribution in [3.05, 3.63) is 65.2 Å². The van der Waals surface area contributed by atoms with Gasteiger partial charge < -0.3 is 10.1 Å². The Kier molecular flexibility index (Phi) is 5.38. The lowest BCUT2D eigenvalue weighted by Gasteiger charge is -2.20. The number of para-hydroxylation sites is 1. The molecule has 0 aliphatic heterocycles. The summed E-state index contributed by atoms with van der Waals surface area (Å²) in [6.07, 6.45) is -1.71. The second-order valence-electron chi connectivity index (χ2n) is 4.42. The van der Waals surface area contributed by atoms with Gasteiger partial charge in [-0.3, -0.25) is 10.1 Å². The fourth-order valence-corrected chi connectivity index (χ4v) is 2.04. The first-order valence-corrected chi connectivity index (χ1v) is 6.94. The smallest absolute Gasteiger partial charge is 0.408 e. The molecule has 0 bridgehead atoms. The molecule has 114 valence electrons. The van der Waals surface area contributed by atoms with Crippen LogP contribution in [0.3, 0.4) is 0 Å². The van der Waals surface area contributed by atoms with Crippen LogP contribution in [0.5, 0.6) is 0 Å². The molecular formula is C16H15ClN2O3. The van der Waals surface area contributed by atoms with Crippen LogP contribution in [0, 0.1) is 0 Å². The van der Waals surface area contributed by atoms with Crippen LogP contribution in [0.15, 0.2) is 54.6 Å². The minimum absolute atomic E-state index is 0.300. The van der Waals surface area contributed by atoms with Gasteiger partial charge in [0.15, 0.2) is 6.17 Å². The lowest BCUT2D eigenvalue weighted by Crippen LogP contribution is -2.46. The van der Waals surface area contributed by atoms with Gasteiger partial charge in [0.2, 0.25) is 5.78 Å². The highest BCUT2D eigenvalue weighted by Crippen LogP contribution is 2.21. The van der Waals surface area contributed by atoms with Gasteiger partial charge in [-0.25, -0.2) is 4.79 Å². The van der Waals surface area contributed by atoms with Crippen molar-refractivity contribution in [2.45, 2.75) is 6.17 Å². The van der Waals surface area contributed by atoms with Crippen molar-refractivity contribution in [1.82, 2.24) is 5.32 Å². The highest BCUT2D eigenvalue weighted by Gasteiger charge is 2.22. The van der Waals surface area contributed by atoms with Crippen molar-refractivity contribution >= 4 is 29.2 Å². The van der Waals surface area contributed by atoms with Gasteiger partial charge in [0, 0.05) is 5.56 Å². The molecule has 0 unspecified atom stereocenters. The van der Waals surface area contributed by atoms with E-state index in [1.165, 1.54) is 7.11 Å². The minimum Gasteiger partial charge on any atom is -0.453 e. The SMILES string of the molecule is COC(=O)N[C@H](Nc1ccccc1Cl)C(=O)c1ccccc1. The third-order valence-electron chi connectivity index (χ3n) is 2.94. The van der Waals surface area contributed by atoms with Crippen molar-refractivity contribution < 1.29 is 14.3 Å². The number of carbonyl (C=O) groups excluding carboxylic acids is 2. The zero-order valence-corrected chi connectivity index (χ0v) is 12.6. The molecule has 1 atom stereocenters. The number of ether oxygens (including phenoxy) is 1. The molecule has 0 aliphatic rings. The highest BCUT2D eigenvalue weighted by atomic mass is 35.5. The summed E-state index contributed by atoms with van der Waals surface area (Å²) in [7, 11) is 1.23. The van der Waals surface area contributed by atoms with Crippen molar-refractivity contribution in [2.24, 2.45) is 0 Å². The first-order valence-electron chi connectivity index (χ1n) is 6.56. The molecule has 2 aromatic carbocycles. The lowest BCUT2D eigenvalue weighted by atomic mass is 10.1. The van der Waals surface area contributed by atoms with Gasteiger partial charge in [-0.15, -0.1) is 0 Å². The van der Waals surface area contributed by atoms with Gasteiger partial charge in [-0.1, -0.05) is 54.1 Å². The van der Waals surface area contributed by atoms with E-state index >= 15 is 0 Å². The Bertz CT molecular complexity index is 661. The number of hydrogen-bond acceptors (Lipinski definition) is 4. The first kappa shape index (κ1) is 15.9. The fraction of sp³-hybridized carbons (Fsp3) is 0.125. The van der Waals surface area contributed by atoms with E-state index in [-0.39, 0.29) is 5.78 Å². The molecule has 2 N–H and O–H groups in total. The van der Waals surface area contributed by atoms with E-state index in [2.05, 4.69) is 15.4 Å². The van der Waals surface area contributed by atoms with Crippen LogP contribution in [-0.2, 0) is 4.74 Å². The summed E-state index contributed by atoms with van der Waals surface area (Å²) in [6, 6.07) is 15.6. The number of hydrogen-bond donors (Lipinski definition) is 2. The number of alkyl carbamates (subject to hydrolysis) is 1. The number of ketones is 1. The zero-order chi connectivity index (χ0) is 15.9. The Hall–Kier alpha value is -2.53. The number of Topliss-reactive ketones (excluding diaryl/α,β-unsaturated/α-hetero) is 1. The Morgan fingerprint density at radius 2 is 1.68 bits per heavy atom. The number of amides is 1. The Labute approximate surface area is 133 Å². The predicted octanol–water partition coefficient (Wildman–Crippen LogP) is 3.32. The molecule has 2 rings (SSSR count). The van der Waals surface area contributed by atoms with E-state index < -0.39 is 12.3 Å². The van der Waals surface area contributed by atoms with E-state index in [9.17, 15) is 9.59 Å². The maximum Gasteiger partial charge on any atom is 0.408 e. The second-order valence-corrected chi connectivity index (χ2v) is 4.83. The van der Waals surface area contributed by atoms with Crippen LogP contribution in [-0.4, -0.2) is 25.2 Å². The molecule has 22 heavy (non-hydrogen) atoms. The average Bonchev–Trinajstić information content (AvgIpc) is 2.56. The van der Waals surface area contributed by atoms with Crippen LogP contribution in [0.25, 0.3) is 0 Å². The van der Waals surface area contributed by atoms with Gasteiger partial charge in [0.1, 0.15) is 0 Å². The van der Waals surface area contributed by atoms with Crippen LogP contribution in [0.4, 0.5) is 10.5 Å². The number of methoxy groups -OCH3 is 1. The van der Waals surface area contributed by atoms with E-state index in [0.29, 0.717) is 16.3 Å². The molecule has 6 heteroatoms. The molecule has 0 radical (unpaired) electrons. The van der Waals surface area contributed by atoms with Crippen molar-refractivity contribution in [2.75, 3.05) is 12.4 Å². The molecule has 0 saturated carbocycles. The molecule has 1 amide bonds. The molecule has 0 aromatic heterocycles. The van der Waals surface area contributed by atoms with Gasteiger partial charge in [0.05, 0.1) is 17.8 Å². The van der Waals surface area contributed by atoms with Gasteiger partial charge in [-0.2, -0.15) is 0 Å². The topological polar surface area (TPSA) is 67.4 Å². The minimum atomic E-state index is -0.991. The predicted molar refractivity (Wildman–Crippen MR) is 85.2 cm³/mol. The summed E-state index contributed by atoms with van der Waals surface area (Å²) >= 11 is 6.07. The van der Waals surface area contributed by atoms with Gasteiger partial charge in [-0.05, 0) is 12.1 Å². The van der Waals surface area contributed by atoms with Crippen LogP contribution in [0.2, 0.25) is 5.02 Å². The number of rotatable bonds is 5. The summed E-state index contributed by atoms with van der Waals surface area (Å²) in [5.74, 6) is -0.300. The monoisotopic (exact) mass is 318 g/mol. The van der Waals surface area contributed by atoms with Gasteiger partial charge >= 0.3 is 6.09 Å². The van der Waals surface area contributed by atoms with Crippen LogP contribution < -0.4 is 10.6 Å². The first-order chi connectivity index (χ1) is 10.6. The highest BCUT2D eigenvalue weighted by molar-refractivity contribution is 6.33. The summed E-state index contributed by atoms with van der Waals surface area (Å²) in [6.45, 7) is 0. The summed E-state index contributed by atoms with van der Waals surface area (Å²) in [5.41, 5.74) is 0.998. The maximum absolute atomic E-state index is 12.5. The number of anilines is 1. The summed E-state index contributed by atoms with van der Waals surface area (Å²) < 4.78 is 4.56. The Morgan fingerprint density at radius 3 is 2.32 bits per heavy atom. The molecule has 5 nitrogen and oxygen atoms in total. The third kappa shape index (κ3) is 3.99. The van der Waals surface area contributed by atoms with Crippen LogP contribution >= 0.6 is 11.6 Å². The third-order valence-corrected chi connectivity index (χ3v) is 3.27. The molecular weight excluding hydrogens is 304 g/mol. The van der Waals surface area contributed by atoms with Crippen molar-refractivity contribution in [3.63, 3.8) is 0 Å². The zero-order valence-electron chi connectivity index (χ0n) is 11.9. The number of carbonyl (C=O) groups is 2. The van der Waals surface area contributed by atoms with E-state index in [1.54, 1.807) is 54.6 Å². The van der Waals surface area contributed by atoms with E-state index in [0.717, 1.165) is 0 Å². The second kappa shape index (κ2) is 7.47. The summed E-state index contributed by atoms with van der Waals surface area (Å²) in [4.78, 5) is 24.0. The number of benzene rings is 2. The quantitative estimate of drug-likeness (QED) is 0.655. The number of nitrogens with one attached hydrogen (secondary N) is 2. The average molecular weight is 319 g/mol. The molecule has 0 spiro atoms. The molecule has 2 aromatic rings. The summed E-state index contributed by atoms with van der Waals surface area (Å²) in [5, 5.41) is 5.82. The molecule has 0 fully saturated rings. The largest absolute Gasteiger partial charge is 0.453 e. The van der Waals surface area contributed by atoms with Crippen molar-refractivity contribution in [3.8, 4) is 0 Å². The van der Waals surface area contributed by atoms with Crippen molar-refractivity contribution in [1.29, 1.82) is 0 Å². The van der Waals surface area contributed by atoms with E-state index in [1.807, 2.05) is 0 Å². The lowest BCUT2D eigenvalue weighted by molar-refractivity contribution is 0.0944. The normalized spacial score (nSPS) is 11.4.